The van der Waals surface area contributed by atoms with Gasteiger partial charge in [-0.05, 0) is 69.2 Å². The van der Waals surface area contributed by atoms with E-state index in [9.17, 15) is 0 Å². The number of nitrogens with one attached hydrogen (secondary N) is 1. The number of hydrazone groups is 1. The molecule has 0 atom stereocenters. The Hall–Kier alpha value is -3.36. The fourth-order valence-corrected chi connectivity index (χ4v) is 4.18. The zero-order chi connectivity index (χ0) is 23.6. The molecule has 0 radical (unpaired) electrons. The molecule has 3 heterocycles. The van der Waals surface area contributed by atoms with E-state index in [1.807, 2.05) is 25.1 Å². The van der Waals surface area contributed by atoms with Gasteiger partial charge in [-0.15, -0.1) is 0 Å². The molecule has 1 aromatic carbocycles. The number of piperidine rings is 2. The van der Waals surface area contributed by atoms with Crippen molar-refractivity contribution in [1.29, 1.82) is 0 Å². The van der Waals surface area contributed by atoms with Crippen molar-refractivity contribution in [3.63, 3.8) is 0 Å². The minimum Gasteiger partial charge on any atom is -0.490 e. The molecule has 0 saturated carbocycles. The Morgan fingerprint density at radius 1 is 0.912 bits per heavy atom. The van der Waals surface area contributed by atoms with Crippen molar-refractivity contribution < 1.29 is 9.47 Å². The van der Waals surface area contributed by atoms with E-state index in [1.165, 1.54) is 38.5 Å². The number of aromatic nitrogens is 3. The van der Waals surface area contributed by atoms with Crippen LogP contribution in [-0.2, 0) is 0 Å². The average Bonchev–Trinajstić information content (AvgIpc) is 2.89. The molecule has 2 aromatic rings. The Morgan fingerprint density at radius 2 is 1.56 bits per heavy atom. The first-order valence-corrected chi connectivity index (χ1v) is 12.3. The van der Waals surface area contributed by atoms with Gasteiger partial charge in [0.25, 0.3) is 0 Å². The van der Waals surface area contributed by atoms with E-state index < -0.39 is 0 Å². The standard InChI is InChI=1S/C25H35N7O2/c1-3-17-34-21-12-11-20(18-22(21)33-4-2)19-26-30-23-27-24(31-13-7-5-8-14-31)29-25(28-23)32-15-9-6-10-16-32/h3,11-12,18-19H,1,4-10,13-17H2,2H3,(H,27,28,29,30)/b26-19+. The highest BCUT2D eigenvalue weighted by molar-refractivity contribution is 5.81. The normalized spacial score (nSPS) is 16.5. The molecular weight excluding hydrogens is 430 g/mol. The summed E-state index contributed by atoms with van der Waals surface area (Å²) in [5, 5.41) is 4.40. The number of nitrogens with zero attached hydrogens (tertiary/aromatic N) is 6. The molecule has 9 nitrogen and oxygen atoms in total. The maximum absolute atomic E-state index is 5.72. The van der Waals surface area contributed by atoms with Gasteiger partial charge in [0, 0.05) is 26.2 Å². The molecule has 2 saturated heterocycles. The predicted octanol–water partition coefficient (Wildman–Crippen LogP) is 4.26. The Morgan fingerprint density at radius 3 is 2.15 bits per heavy atom. The summed E-state index contributed by atoms with van der Waals surface area (Å²) in [4.78, 5) is 18.7. The first-order valence-electron chi connectivity index (χ1n) is 12.3. The van der Waals surface area contributed by atoms with E-state index in [-0.39, 0.29) is 0 Å². The van der Waals surface area contributed by atoms with E-state index in [1.54, 1.807) is 12.3 Å². The summed E-state index contributed by atoms with van der Waals surface area (Å²) in [5.74, 6) is 3.28. The topological polar surface area (TPSA) is 88.0 Å². The first kappa shape index (κ1) is 23.8. The van der Waals surface area contributed by atoms with Gasteiger partial charge in [-0.3, -0.25) is 0 Å². The van der Waals surface area contributed by atoms with Gasteiger partial charge < -0.3 is 19.3 Å². The molecule has 2 aliphatic heterocycles. The van der Waals surface area contributed by atoms with Gasteiger partial charge in [0.1, 0.15) is 6.61 Å². The summed E-state index contributed by atoms with van der Waals surface area (Å²) in [7, 11) is 0. The van der Waals surface area contributed by atoms with Crippen LogP contribution in [0.2, 0.25) is 0 Å². The molecule has 0 unspecified atom stereocenters. The molecule has 1 aromatic heterocycles. The number of benzene rings is 1. The van der Waals surface area contributed by atoms with Crippen LogP contribution in [0.4, 0.5) is 17.8 Å². The number of rotatable bonds is 10. The van der Waals surface area contributed by atoms with E-state index in [0.29, 0.717) is 30.7 Å². The third-order valence-electron chi connectivity index (χ3n) is 5.89. The van der Waals surface area contributed by atoms with Gasteiger partial charge in [-0.2, -0.15) is 20.1 Å². The second kappa shape index (κ2) is 12.2. The largest absolute Gasteiger partial charge is 0.490 e. The van der Waals surface area contributed by atoms with Gasteiger partial charge >= 0.3 is 0 Å². The minimum absolute atomic E-state index is 0.424. The monoisotopic (exact) mass is 465 g/mol. The summed E-state index contributed by atoms with van der Waals surface area (Å²) in [6, 6.07) is 5.71. The second-order valence-electron chi connectivity index (χ2n) is 8.46. The Labute approximate surface area is 201 Å². The molecule has 4 rings (SSSR count). The maximum Gasteiger partial charge on any atom is 0.250 e. The van der Waals surface area contributed by atoms with Gasteiger partial charge in [0.05, 0.1) is 12.8 Å². The van der Waals surface area contributed by atoms with Crippen LogP contribution in [0.3, 0.4) is 0 Å². The van der Waals surface area contributed by atoms with Crippen molar-refractivity contribution in [3.8, 4) is 11.5 Å². The van der Waals surface area contributed by atoms with Gasteiger partial charge in [0.15, 0.2) is 11.5 Å². The molecule has 0 amide bonds. The maximum atomic E-state index is 5.72. The zero-order valence-corrected chi connectivity index (χ0v) is 20.1. The first-order chi connectivity index (χ1) is 16.8. The number of hydrogen-bond acceptors (Lipinski definition) is 9. The summed E-state index contributed by atoms with van der Waals surface area (Å²) >= 11 is 0. The molecule has 182 valence electrons. The van der Waals surface area contributed by atoms with Crippen LogP contribution in [0.1, 0.15) is 51.0 Å². The van der Waals surface area contributed by atoms with E-state index in [4.69, 9.17) is 14.5 Å². The lowest BCUT2D eigenvalue weighted by Gasteiger charge is -2.30. The van der Waals surface area contributed by atoms with E-state index >= 15 is 0 Å². The minimum atomic E-state index is 0.424. The molecule has 2 aliphatic rings. The van der Waals surface area contributed by atoms with Crippen LogP contribution in [0.15, 0.2) is 36.0 Å². The van der Waals surface area contributed by atoms with Crippen molar-refractivity contribution in [2.75, 3.05) is 54.6 Å². The SMILES string of the molecule is C=CCOc1ccc(/C=N/Nc2nc(N3CCCCC3)nc(N3CCCCC3)n2)cc1OCC. The number of ether oxygens (including phenoxy) is 2. The van der Waals surface area contributed by atoms with Crippen LogP contribution in [-0.4, -0.2) is 60.6 Å². The second-order valence-corrected chi connectivity index (χ2v) is 8.46. The van der Waals surface area contributed by atoms with Crippen LogP contribution in [0.25, 0.3) is 0 Å². The highest BCUT2D eigenvalue weighted by Crippen LogP contribution is 2.28. The number of hydrogen-bond donors (Lipinski definition) is 1. The van der Waals surface area contributed by atoms with Gasteiger partial charge in [-0.1, -0.05) is 12.7 Å². The molecular formula is C25H35N7O2. The quantitative estimate of drug-likeness (QED) is 0.316. The van der Waals surface area contributed by atoms with Crippen LogP contribution >= 0.6 is 0 Å². The molecule has 2 fully saturated rings. The van der Waals surface area contributed by atoms with Gasteiger partial charge in [0.2, 0.25) is 17.8 Å². The zero-order valence-electron chi connectivity index (χ0n) is 20.1. The van der Waals surface area contributed by atoms with Crippen molar-refractivity contribution >= 4 is 24.1 Å². The molecule has 1 N–H and O–H groups in total. The molecule has 0 spiro atoms. The van der Waals surface area contributed by atoms with Crippen LogP contribution in [0, 0.1) is 0 Å². The van der Waals surface area contributed by atoms with Crippen LogP contribution in [0.5, 0.6) is 11.5 Å². The van der Waals surface area contributed by atoms with Crippen molar-refractivity contribution in [1.82, 2.24) is 15.0 Å². The summed E-state index contributed by atoms with van der Waals surface area (Å²) in [6.07, 6.45) is 10.6. The van der Waals surface area contributed by atoms with E-state index in [2.05, 4.69) is 36.9 Å². The Balaban J connectivity index is 1.51. The smallest absolute Gasteiger partial charge is 0.250 e. The Bertz CT molecular complexity index is 933. The van der Waals surface area contributed by atoms with Gasteiger partial charge in [-0.25, -0.2) is 5.43 Å². The van der Waals surface area contributed by atoms with Crippen molar-refractivity contribution in [2.45, 2.75) is 45.4 Å². The third kappa shape index (κ3) is 6.36. The average molecular weight is 466 g/mol. The lowest BCUT2D eigenvalue weighted by molar-refractivity contribution is 0.297. The fourth-order valence-electron chi connectivity index (χ4n) is 4.18. The molecule has 0 bridgehead atoms. The molecule has 34 heavy (non-hydrogen) atoms. The lowest BCUT2D eigenvalue weighted by Crippen LogP contribution is -2.34. The fraction of sp³-hybridized carbons (Fsp3) is 0.520. The summed E-state index contributed by atoms with van der Waals surface area (Å²) in [6.45, 7) is 10.5. The molecule has 0 aliphatic carbocycles. The molecule has 9 heteroatoms. The summed E-state index contributed by atoms with van der Waals surface area (Å²) < 4.78 is 11.4. The van der Waals surface area contributed by atoms with E-state index in [0.717, 1.165) is 43.6 Å². The third-order valence-corrected chi connectivity index (χ3v) is 5.89. The van der Waals surface area contributed by atoms with Crippen LogP contribution < -0.4 is 24.7 Å². The lowest BCUT2D eigenvalue weighted by atomic mass is 10.1. The van der Waals surface area contributed by atoms with Crippen molar-refractivity contribution in [2.24, 2.45) is 5.10 Å². The van der Waals surface area contributed by atoms with Crippen molar-refractivity contribution in [3.05, 3.63) is 36.4 Å². The number of anilines is 3. The Kier molecular flexibility index (Phi) is 8.54. The highest BCUT2D eigenvalue weighted by atomic mass is 16.5. The highest BCUT2D eigenvalue weighted by Gasteiger charge is 2.20. The predicted molar refractivity (Wildman–Crippen MR) is 136 cm³/mol. The summed E-state index contributed by atoms with van der Waals surface area (Å²) in [5.41, 5.74) is 3.90.